The molecule has 6 heteroatoms. The van der Waals surface area contributed by atoms with Crippen LogP contribution in [0.15, 0.2) is 36.4 Å². The van der Waals surface area contributed by atoms with E-state index in [2.05, 4.69) is 0 Å². The Morgan fingerprint density at radius 2 is 1.15 bits per heavy atom. The molecule has 0 radical (unpaired) electrons. The summed E-state index contributed by atoms with van der Waals surface area (Å²) in [5, 5.41) is 0. The van der Waals surface area contributed by atoms with Crippen molar-refractivity contribution >= 4 is 34.5 Å². The Hall–Kier alpha value is -2.47. The highest BCUT2D eigenvalue weighted by Gasteiger charge is 2.52. The monoisotopic (exact) mass is 468 g/mol. The summed E-state index contributed by atoms with van der Waals surface area (Å²) in [7, 11) is 0. The zero-order valence-corrected chi connectivity index (χ0v) is 20.3. The molecule has 2 saturated carbocycles. The normalized spacial score (nSPS) is 21.8. The smallest absolute Gasteiger partial charge is 0.144 e. The summed E-state index contributed by atoms with van der Waals surface area (Å²) in [6.07, 6.45) is 0.987. The third-order valence-electron chi connectivity index (χ3n) is 6.80. The van der Waals surface area contributed by atoms with Gasteiger partial charge >= 0.3 is 0 Å². The van der Waals surface area contributed by atoms with Crippen molar-refractivity contribution in [2.75, 3.05) is 0 Å². The van der Waals surface area contributed by atoms with Crippen LogP contribution in [0.25, 0.3) is 10.4 Å². The molecule has 0 aliphatic heterocycles. The summed E-state index contributed by atoms with van der Waals surface area (Å²) in [5.41, 5.74) is -0.0461. The number of halogens is 1. The molecule has 4 nitrogen and oxygen atoms in total. The Bertz CT molecular complexity index is 1040. The van der Waals surface area contributed by atoms with E-state index in [1.165, 1.54) is 23.5 Å². The number of Topliss-reactive ketones (excluding diaryl/α,β-unsaturated/α-hetero) is 4. The van der Waals surface area contributed by atoms with Crippen molar-refractivity contribution in [2.24, 2.45) is 22.7 Å². The lowest BCUT2D eigenvalue weighted by atomic mass is 9.60. The second-order valence-corrected chi connectivity index (χ2v) is 12.2. The van der Waals surface area contributed by atoms with E-state index in [1.807, 2.05) is 39.8 Å². The van der Waals surface area contributed by atoms with Gasteiger partial charge in [-0.05, 0) is 40.7 Å². The first-order valence-electron chi connectivity index (χ1n) is 11.3. The Morgan fingerprint density at radius 3 is 1.58 bits per heavy atom. The van der Waals surface area contributed by atoms with Crippen molar-refractivity contribution in [3.63, 3.8) is 0 Å². The Balaban J connectivity index is 1.78. The predicted octanol–water partition coefficient (Wildman–Crippen LogP) is 5.79. The molecule has 1 aromatic heterocycles. The maximum absolute atomic E-state index is 13.4. The summed E-state index contributed by atoms with van der Waals surface area (Å²) >= 11 is 1.36. The van der Waals surface area contributed by atoms with Crippen molar-refractivity contribution < 1.29 is 23.6 Å². The number of hydrogen-bond donors (Lipinski definition) is 0. The fourth-order valence-electron chi connectivity index (χ4n) is 5.43. The molecule has 2 aliphatic carbocycles. The molecule has 0 amide bonds. The fourth-order valence-corrected chi connectivity index (χ4v) is 6.62. The van der Waals surface area contributed by atoms with Crippen LogP contribution in [0.4, 0.5) is 4.39 Å². The minimum Gasteiger partial charge on any atom is -0.299 e. The maximum atomic E-state index is 13.4. The van der Waals surface area contributed by atoms with Crippen LogP contribution in [0.2, 0.25) is 0 Å². The molecule has 4 rings (SSSR count). The van der Waals surface area contributed by atoms with Gasteiger partial charge in [-0.1, -0.05) is 39.8 Å². The van der Waals surface area contributed by atoms with Crippen molar-refractivity contribution in [1.29, 1.82) is 0 Å². The maximum Gasteiger partial charge on any atom is 0.144 e. The van der Waals surface area contributed by atoms with Crippen LogP contribution in [0, 0.1) is 28.5 Å². The van der Waals surface area contributed by atoms with E-state index in [4.69, 9.17) is 0 Å². The minimum absolute atomic E-state index is 0.191. The van der Waals surface area contributed by atoms with Gasteiger partial charge in [-0.15, -0.1) is 11.3 Å². The first-order valence-corrected chi connectivity index (χ1v) is 12.2. The predicted molar refractivity (Wildman–Crippen MR) is 125 cm³/mol. The average Bonchev–Trinajstić information content (AvgIpc) is 3.14. The van der Waals surface area contributed by atoms with Crippen molar-refractivity contribution in [3.05, 3.63) is 47.1 Å². The number of ketones is 4. The Morgan fingerprint density at radius 1 is 0.727 bits per heavy atom. The van der Waals surface area contributed by atoms with E-state index in [1.54, 1.807) is 12.1 Å². The number of carbonyl (C=O) groups is 4. The van der Waals surface area contributed by atoms with E-state index in [9.17, 15) is 23.6 Å². The first kappa shape index (κ1) is 23.7. The van der Waals surface area contributed by atoms with Crippen LogP contribution in [0.5, 0.6) is 0 Å². The topological polar surface area (TPSA) is 68.3 Å². The first-order chi connectivity index (χ1) is 15.4. The molecule has 0 saturated heterocycles. The molecule has 0 bridgehead atoms. The lowest BCUT2D eigenvalue weighted by molar-refractivity contribution is -0.145. The molecule has 2 aliphatic rings. The van der Waals surface area contributed by atoms with Gasteiger partial charge in [-0.25, -0.2) is 4.39 Å². The van der Waals surface area contributed by atoms with Crippen LogP contribution in [-0.2, 0) is 19.2 Å². The molecular formula is C27H29FO4S. The zero-order chi connectivity index (χ0) is 24.1. The quantitative estimate of drug-likeness (QED) is 0.533. The number of hydrogen-bond acceptors (Lipinski definition) is 5. The zero-order valence-electron chi connectivity index (χ0n) is 19.4. The summed E-state index contributed by atoms with van der Waals surface area (Å²) in [6, 6.07) is 9.74. The summed E-state index contributed by atoms with van der Waals surface area (Å²) < 4.78 is 13.4. The van der Waals surface area contributed by atoms with Gasteiger partial charge in [0.1, 0.15) is 29.0 Å². The molecule has 1 heterocycles. The number of carbonyl (C=O) groups excluding carboxylic acids is 4. The lowest BCUT2D eigenvalue weighted by Crippen LogP contribution is -2.48. The van der Waals surface area contributed by atoms with Gasteiger partial charge < -0.3 is 0 Å². The van der Waals surface area contributed by atoms with Crippen molar-refractivity contribution in [3.8, 4) is 10.4 Å². The van der Waals surface area contributed by atoms with Crippen molar-refractivity contribution in [2.45, 2.75) is 59.3 Å². The van der Waals surface area contributed by atoms with Gasteiger partial charge in [0, 0.05) is 41.4 Å². The SMILES string of the molecule is CC1(C)CC(=O)C(C(c2ccc(-c3ccc(F)cc3)s2)C2C(=O)CC(C)(C)CC2=O)C(=O)C1. The Kier molecular flexibility index (Phi) is 6.02. The molecule has 0 unspecified atom stereocenters. The van der Waals surface area contributed by atoms with Crippen molar-refractivity contribution in [1.82, 2.24) is 0 Å². The van der Waals surface area contributed by atoms with E-state index in [0.717, 1.165) is 10.4 Å². The average molecular weight is 469 g/mol. The van der Waals surface area contributed by atoms with Gasteiger partial charge in [0.25, 0.3) is 0 Å². The number of rotatable bonds is 4. The highest BCUT2D eigenvalue weighted by Crippen LogP contribution is 2.49. The summed E-state index contributed by atoms with van der Waals surface area (Å²) in [4.78, 5) is 54.5. The summed E-state index contributed by atoms with van der Waals surface area (Å²) in [6.45, 7) is 7.58. The molecule has 2 aromatic rings. The fraction of sp³-hybridized carbons (Fsp3) is 0.481. The van der Waals surface area contributed by atoms with Gasteiger partial charge in [0.15, 0.2) is 0 Å². The highest BCUT2D eigenvalue weighted by molar-refractivity contribution is 7.15. The number of benzene rings is 1. The number of thiophene rings is 1. The van der Waals surface area contributed by atoms with Gasteiger partial charge in [-0.2, -0.15) is 0 Å². The van der Waals surface area contributed by atoms with Gasteiger partial charge in [0.2, 0.25) is 0 Å². The third kappa shape index (κ3) is 4.77. The van der Waals surface area contributed by atoms with Gasteiger partial charge in [-0.3, -0.25) is 19.2 Å². The lowest BCUT2D eigenvalue weighted by Gasteiger charge is -2.40. The second-order valence-electron chi connectivity index (χ2n) is 11.1. The van der Waals surface area contributed by atoms with Crippen LogP contribution >= 0.6 is 11.3 Å². The highest BCUT2D eigenvalue weighted by atomic mass is 32.1. The van der Waals surface area contributed by atoms with Crippen LogP contribution < -0.4 is 0 Å². The van der Waals surface area contributed by atoms with Crippen LogP contribution in [0.1, 0.15) is 64.2 Å². The standard InChI is InChI=1S/C27H29FO4S/c1-26(2)11-17(29)23(18(30)12-26)25(24-19(31)13-27(3,4)14-20(24)32)22-10-9-21(33-22)15-5-7-16(28)8-6-15/h5-10,23-25H,11-14H2,1-4H3. The van der Waals surface area contributed by atoms with Crippen LogP contribution in [0.3, 0.4) is 0 Å². The summed E-state index contributed by atoms with van der Waals surface area (Å²) in [5.74, 6) is -3.86. The molecule has 2 fully saturated rings. The molecule has 174 valence electrons. The van der Waals surface area contributed by atoms with E-state index in [0.29, 0.717) is 4.88 Å². The molecular weight excluding hydrogens is 439 g/mol. The largest absolute Gasteiger partial charge is 0.299 e. The third-order valence-corrected chi connectivity index (χ3v) is 8.04. The van der Waals surface area contributed by atoms with E-state index in [-0.39, 0.29) is 54.6 Å². The van der Waals surface area contributed by atoms with Gasteiger partial charge in [0.05, 0.1) is 11.8 Å². The Labute approximate surface area is 197 Å². The molecule has 0 spiro atoms. The minimum atomic E-state index is -0.989. The van der Waals surface area contributed by atoms with Crippen LogP contribution in [-0.4, -0.2) is 23.1 Å². The molecule has 1 aromatic carbocycles. The molecule has 0 N–H and O–H groups in total. The van der Waals surface area contributed by atoms with E-state index < -0.39 is 28.6 Å². The second kappa shape index (κ2) is 8.39. The molecule has 0 atom stereocenters. The van der Waals surface area contributed by atoms with E-state index >= 15 is 0 Å². The molecule has 33 heavy (non-hydrogen) atoms.